The van der Waals surface area contributed by atoms with Gasteiger partial charge in [-0.1, -0.05) is 0 Å². The Balaban J connectivity index is 2.46. The van der Waals surface area contributed by atoms with Crippen LogP contribution in [0.25, 0.3) is 0 Å². The molecule has 2 nitrogen and oxygen atoms in total. The first-order valence-electron chi connectivity index (χ1n) is 3.35. The molecule has 0 aromatic heterocycles. The Hall–Kier alpha value is -0.220. The Morgan fingerprint density at radius 3 is 2.40 bits per heavy atom. The van der Waals surface area contributed by atoms with Gasteiger partial charge < -0.3 is 5.73 Å². The van der Waals surface area contributed by atoms with Gasteiger partial charge in [-0.05, 0) is 13.5 Å². The standard InChI is InChI=1S/C6H12F2N2/c1-10-3-4(9)2-5(10)6(7)8/h4-6H,2-3,9H2,1H3/t4-,5?/m1/s1. The predicted octanol–water partition coefficient (Wildman–Crippen LogP) is 0.283. The van der Waals surface area contributed by atoms with Crippen molar-refractivity contribution in [3.05, 3.63) is 0 Å². The Labute approximate surface area is 59.0 Å². The van der Waals surface area contributed by atoms with Crippen molar-refractivity contribution in [2.24, 2.45) is 5.73 Å². The lowest BCUT2D eigenvalue weighted by atomic mass is 10.2. The van der Waals surface area contributed by atoms with E-state index < -0.39 is 12.5 Å². The molecular formula is C6H12F2N2. The average Bonchev–Trinajstić information content (AvgIpc) is 2.10. The normalized spacial score (nSPS) is 35.7. The van der Waals surface area contributed by atoms with Crippen LogP contribution in [0.2, 0.25) is 0 Å². The molecule has 2 atom stereocenters. The number of halogens is 2. The molecule has 0 bridgehead atoms. The molecular weight excluding hydrogens is 138 g/mol. The van der Waals surface area contributed by atoms with Gasteiger partial charge in [0.05, 0.1) is 6.04 Å². The molecule has 1 rings (SSSR count). The number of nitrogens with zero attached hydrogens (tertiary/aromatic N) is 1. The molecule has 0 aromatic rings. The molecule has 0 amide bonds. The van der Waals surface area contributed by atoms with Crippen LogP contribution >= 0.6 is 0 Å². The van der Waals surface area contributed by atoms with Crippen molar-refractivity contribution in [2.75, 3.05) is 13.6 Å². The number of likely N-dealkylation sites (tertiary alicyclic amines) is 1. The number of hydrogen-bond acceptors (Lipinski definition) is 2. The lowest BCUT2D eigenvalue weighted by Gasteiger charge is -2.16. The van der Waals surface area contributed by atoms with Crippen LogP contribution in [0.3, 0.4) is 0 Å². The number of alkyl halides is 2. The van der Waals surface area contributed by atoms with Crippen LogP contribution in [-0.4, -0.2) is 37.0 Å². The minimum Gasteiger partial charge on any atom is -0.326 e. The molecule has 10 heavy (non-hydrogen) atoms. The first kappa shape index (κ1) is 7.88. The summed E-state index contributed by atoms with van der Waals surface area (Å²) in [7, 11) is 1.68. The monoisotopic (exact) mass is 150 g/mol. The van der Waals surface area contributed by atoms with E-state index in [0.29, 0.717) is 13.0 Å². The number of rotatable bonds is 1. The highest BCUT2D eigenvalue weighted by molar-refractivity contribution is 4.86. The average molecular weight is 150 g/mol. The fourth-order valence-electron chi connectivity index (χ4n) is 1.37. The Kier molecular flexibility index (Phi) is 2.21. The molecule has 0 spiro atoms. The van der Waals surface area contributed by atoms with Crippen molar-refractivity contribution in [3.8, 4) is 0 Å². The number of nitrogens with two attached hydrogens (primary N) is 1. The summed E-state index contributed by atoms with van der Waals surface area (Å²) in [5.41, 5.74) is 5.48. The zero-order valence-electron chi connectivity index (χ0n) is 5.93. The van der Waals surface area contributed by atoms with Crippen LogP contribution < -0.4 is 5.73 Å². The maximum atomic E-state index is 12.1. The van der Waals surface area contributed by atoms with Crippen LogP contribution in [0.1, 0.15) is 6.42 Å². The van der Waals surface area contributed by atoms with Gasteiger partial charge in [0.25, 0.3) is 6.43 Å². The lowest BCUT2D eigenvalue weighted by Crippen LogP contribution is -2.31. The van der Waals surface area contributed by atoms with Gasteiger partial charge in [0, 0.05) is 12.6 Å². The molecule has 1 fully saturated rings. The molecule has 2 N–H and O–H groups in total. The van der Waals surface area contributed by atoms with Crippen LogP contribution in [-0.2, 0) is 0 Å². The van der Waals surface area contributed by atoms with E-state index in [1.54, 1.807) is 11.9 Å². The van der Waals surface area contributed by atoms with E-state index in [1.807, 2.05) is 0 Å². The molecule has 1 aliphatic heterocycles. The van der Waals surface area contributed by atoms with Gasteiger partial charge in [-0.25, -0.2) is 8.78 Å². The molecule has 0 saturated carbocycles. The SMILES string of the molecule is CN1C[C@H](N)CC1C(F)F. The molecule has 4 heteroatoms. The maximum Gasteiger partial charge on any atom is 0.253 e. The third-order valence-electron chi connectivity index (χ3n) is 1.92. The summed E-state index contributed by atoms with van der Waals surface area (Å²) in [6.45, 7) is 0.592. The van der Waals surface area contributed by atoms with E-state index >= 15 is 0 Å². The molecule has 0 radical (unpaired) electrons. The highest BCUT2D eigenvalue weighted by atomic mass is 19.3. The summed E-state index contributed by atoms with van der Waals surface area (Å²) in [6.07, 6.45) is -1.83. The third kappa shape index (κ3) is 1.44. The Morgan fingerprint density at radius 1 is 1.60 bits per heavy atom. The zero-order valence-corrected chi connectivity index (χ0v) is 5.93. The summed E-state index contributed by atoms with van der Waals surface area (Å²) >= 11 is 0. The number of likely N-dealkylation sites (N-methyl/N-ethyl adjacent to an activating group) is 1. The summed E-state index contributed by atoms with van der Waals surface area (Å²) in [5, 5.41) is 0. The zero-order chi connectivity index (χ0) is 7.72. The van der Waals surface area contributed by atoms with Gasteiger partial charge in [-0.15, -0.1) is 0 Å². The molecule has 0 aromatic carbocycles. The summed E-state index contributed by atoms with van der Waals surface area (Å²) in [4.78, 5) is 1.62. The van der Waals surface area contributed by atoms with Crippen molar-refractivity contribution < 1.29 is 8.78 Å². The molecule has 1 heterocycles. The van der Waals surface area contributed by atoms with Gasteiger partial charge in [0.1, 0.15) is 0 Å². The fraction of sp³-hybridized carbons (Fsp3) is 1.00. The second kappa shape index (κ2) is 2.80. The second-order valence-corrected chi connectivity index (χ2v) is 2.84. The van der Waals surface area contributed by atoms with Crippen molar-refractivity contribution >= 4 is 0 Å². The van der Waals surface area contributed by atoms with Gasteiger partial charge >= 0.3 is 0 Å². The largest absolute Gasteiger partial charge is 0.326 e. The van der Waals surface area contributed by atoms with Gasteiger partial charge in [0.15, 0.2) is 0 Å². The van der Waals surface area contributed by atoms with E-state index in [-0.39, 0.29) is 6.04 Å². The van der Waals surface area contributed by atoms with Crippen LogP contribution in [0.4, 0.5) is 8.78 Å². The Bertz CT molecular complexity index is 118. The minimum atomic E-state index is -2.25. The quantitative estimate of drug-likeness (QED) is 0.582. The first-order chi connectivity index (χ1) is 4.61. The van der Waals surface area contributed by atoms with E-state index in [2.05, 4.69) is 0 Å². The first-order valence-corrected chi connectivity index (χ1v) is 3.35. The molecule has 60 valence electrons. The summed E-state index contributed by atoms with van der Waals surface area (Å²) in [6, 6.07) is -0.681. The van der Waals surface area contributed by atoms with Crippen molar-refractivity contribution in [1.29, 1.82) is 0 Å². The van der Waals surface area contributed by atoms with Crippen molar-refractivity contribution in [2.45, 2.75) is 24.9 Å². The van der Waals surface area contributed by atoms with Crippen molar-refractivity contribution in [3.63, 3.8) is 0 Å². The van der Waals surface area contributed by atoms with Crippen LogP contribution in [0, 0.1) is 0 Å². The molecule has 1 saturated heterocycles. The van der Waals surface area contributed by atoms with Gasteiger partial charge in [-0.2, -0.15) is 0 Å². The molecule has 1 aliphatic rings. The number of hydrogen-bond donors (Lipinski definition) is 1. The summed E-state index contributed by atoms with van der Waals surface area (Å²) in [5.74, 6) is 0. The Morgan fingerprint density at radius 2 is 2.20 bits per heavy atom. The highest BCUT2D eigenvalue weighted by Gasteiger charge is 2.33. The highest BCUT2D eigenvalue weighted by Crippen LogP contribution is 2.19. The smallest absolute Gasteiger partial charge is 0.253 e. The van der Waals surface area contributed by atoms with E-state index in [9.17, 15) is 8.78 Å². The van der Waals surface area contributed by atoms with Crippen molar-refractivity contribution in [1.82, 2.24) is 4.90 Å². The molecule has 1 unspecified atom stereocenters. The minimum absolute atomic E-state index is 0.0657. The van der Waals surface area contributed by atoms with E-state index in [1.165, 1.54) is 0 Å². The lowest BCUT2D eigenvalue weighted by molar-refractivity contribution is 0.0588. The maximum absolute atomic E-state index is 12.1. The van der Waals surface area contributed by atoms with E-state index in [0.717, 1.165) is 0 Å². The fourth-order valence-corrected chi connectivity index (χ4v) is 1.37. The van der Waals surface area contributed by atoms with E-state index in [4.69, 9.17) is 5.73 Å². The predicted molar refractivity (Wildman–Crippen MR) is 35.0 cm³/mol. The third-order valence-corrected chi connectivity index (χ3v) is 1.92. The van der Waals surface area contributed by atoms with Gasteiger partial charge in [-0.3, -0.25) is 4.90 Å². The van der Waals surface area contributed by atoms with Crippen LogP contribution in [0.15, 0.2) is 0 Å². The second-order valence-electron chi connectivity index (χ2n) is 2.84. The molecule has 0 aliphatic carbocycles. The summed E-state index contributed by atoms with van der Waals surface area (Å²) < 4.78 is 24.1. The topological polar surface area (TPSA) is 29.3 Å². The van der Waals surface area contributed by atoms with Crippen LogP contribution in [0.5, 0.6) is 0 Å². The van der Waals surface area contributed by atoms with Gasteiger partial charge in [0.2, 0.25) is 0 Å².